The van der Waals surface area contributed by atoms with Crippen molar-refractivity contribution in [3.05, 3.63) is 114 Å². The van der Waals surface area contributed by atoms with Crippen LogP contribution in [0, 0.1) is 0 Å². The van der Waals surface area contributed by atoms with E-state index in [4.69, 9.17) is 4.74 Å². The first-order valence-electron chi connectivity index (χ1n) is 10.5. The molecule has 0 bridgehead atoms. The van der Waals surface area contributed by atoms with Gasteiger partial charge in [0, 0.05) is 23.0 Å². The maximum Gasteiger partial charge on any atom is 0.338 e. The number of nitrogens with zero attached hydrogens (tertiary/aromatic N) is 2. The zero-order valence-electron chi connectivity index (χ0n) is 17.9. The Morgan fingerprint density at radius 3 is 2.39 bits per heavy atom. The van der Waals surface area contributed by atoms with Gasteiger partial charge in [-0.05, 0) is 41.5 Å². The summed E-state index contributed by atoms with van der Waals surface area (Å²) in [6.07, 6.45) is 3.59. The van der Waals surface area contributed by atoms with Crippen molar-refractivity contribution in [3.63, 3.8) is 0 Å². The third-order valence-electron chi connectivity index (χ3n) is 4.83. The van der Waals surface area contributed by atoms with Gasteiger partial charge < -0.3 is 10.1 Å². The quantitative estimate of drug-likeness (QED) is 0.282. The van der Waals surface area contributed by atoms with E-state index >= 15 is 0 Å². The first-order valence-corrected chi connectivity index (χ1v) is 11.4. The second-order valence-electron chi connectivity index (χ2n) is 7.30. The molecule has 0 atom stereocenters. The van der Waals surface area contributed by atoms with Crippen molar-refractivity contribution >= 4 is 29.3 Å². The van der Waals surface area contributed by atoms with Gasteiger partial charge in [0.15, 0.2) is 6.61 Å². The maximum atomic E-state index is 12.4. The van der Waals surface area contributed by atoms with E-state index in [-0.39, 0.29) is 12.5 Å². The number of esters is 1. The molecule has 3 aromatic carbocycles. The fourth-order valence-corrected chi connectivity index (χ4v) is 4.12. The molecule has 4 aromatic rings. The molecule has 0 aliphatic rings. The number of ether oxygens (including phenoxy) is 1. The van der Waals surface area contributed by atoms with Gasteiger partial charge in [-0.25, -0.2) is 4.79 Å². The van der Waals surface area contributed by atoms with Crippen molar-refractivity contribution in [2.45, 2.75) is 17.2 Å². The summed E-state index contributed by atoms with van der Waals surface area (Å²) < 4.78 is 7.00. The number of para-hydroxylation sites is 1. The number of carbonyl (C=O) groups is 2. The van der Waals surface area contributed by atoms with Gasteiger partial charge in [-0.3, -0.25) is 9.48 Å². The Balaban J connectivity index is 1.28. The van der Waals surface area contributed by atoms with Crippen LogP contribution in [0.4, 0.5) is 5.69 Å². The first kappa shape index (κ1) is 22.4. The summed E-state index contributed by atoms with van der Waals surface area (Å²) in [6.45, 7) is 0.262. The number of amides is 1. The fraction of sp³-hybridized carbons (Fsp3) is 0.115. The molecule has 1 heterocycles. The third kappa shape index (κ3) is 6.57. The fourth-order valence-electron chi connectivity index (χ4n) is 3.16. The molecule has 6 nitrogen and oxygen atoms in total. The Kier molecular flexibility index (Phi) is 7.56. The van der Waals surface area contributed by atoms with Crippen LogP contribution in [0.3, 0.4) is 0 Å². The average molecular weight is 458 g/mol. The highest BCUT2D eigenvalue weighted by atomic mass is 32.2. The summed E-state index contributed by atoms with van der Waals surface area (Å²) in [5, 5.41) is 7.01. The zero-order valence-corrected chi connectivity index (χ0v) is 18.7. The van der Waals surface area contributed by atoms with Crippen molar-refractivity contribution < 1.29 is 14.3 Å². The van der Waals surface area contributed by atoms with Crippen molar-refractivity contribution in [1.29, 1.82) is 0 Å². The molecule has 1 aromatic heterocycles. The predicted molar refractivity (Wildman–Crippen MR) is 129 cm³/mol. The van der Waals surface area contributed by atoms with E-state index < -0.39 is 5.97 Å². The van der Waals surface area contributed by atoms with Gasteiger partial charge >= 0.3 is 5.97 Å². The van der Waals surface area contributed by atoms with E-state index in [0.717, 1.165) is 16.2 Å². The number of carbonyl (C=O) groups excluding carboxylic acids is 2. The van der Waals surface area contributed by atoms with Crippen molar-refractivity contribution in [3.8, 4) is 0 Å². The van der Waals surface area contributed by atoms with Crippen molar-refractivity contribution in [2.24, 2.45) is 0 Å². The Labute approximate surface area is 196 Å². The minimum Gasteiger partial charge on any atom is -0.452 e. The third-order valence-corrected chi connectivity index (χ3v) is 5.97. The van der Waals surface area contributed by atoms with Crippen LogP contribution in [0.15, 0.2) is 102 Å². The van der Waals surface area contributed by atoms with Crippen LogP contribution in [-0.4, -0.2) is 28.3 Å². The summed E-state index contributed by atoms with van der Waals surface area (Å²) in [6, 6.07) is 26.6. The number of hydrogen-bond acceptors (Lipinski definition) is 5. The summed E-state index contributed by atoms with van der Waals surface area (Å²) in [5.41, 5.74) is 3.30. The van der Waals surface area contributed by atoms with Gasteiger partial charge in [0.25, 0.3) is 5.91 Å². The number of nitrogens with one attached hydrogen (secondary N) is 1. The van der Waals surface area contributed by atoms with Crippen LogP contribution < -0.4 is 5.32 Å². The molecule has 0 aliphatic carbocycles. The minimum absolute atomic E-state index is 0.356. The highest BCUT2D eigenvalue weighted by Crippen LogP contribution is 2.29. The van der Waals surface area contributed by atoms with Gasteiger partial charge in [0.2, 0.25) is 0 Å². The molecule has 7 heteroatoms. The molecular weight excluding hydrogens is 434 g/mol. The molecule has 4 rings (SSSR count). The normalized spacial score (nSPS) is 10.5. The number of benzene rings is 3. The van der Waals surface area contributed by atoms with Crippen LogP contribution in [0.5, 0.6) is 0 Å². The topological polar surface area (TPSA) is 73.2 Å². The summed E-state index contributed by atoms with van der Waals surface area (Å²) in [5.74, 6) is -0.132. The Morgan fingerprint density at radius 1 is 0.879 bits per heavy atom. The Morgan fingerprint density at radius 2 is 1.64 bits per heavy atom. The lowest BCUT2D eigenvalue weighted by Gasteiger charge is -2.11. The molecular formula is C26H23N3O3S. The Bertz CT molecular complexity index is 1190. The van der Waals surface area contributed by atoms with Gasteiger partial charge in [0.1, 0.15) is 0 Å². The highest BCUT2D eigenvalue weighted by Gasteiger charge is 2.12. The molecule has 0 aliphatic heterocycles. The van der Waals surface area contributed by atoms with E-state index in [0.29, 0.717) is 17.8 Å². The molecule has 166 valence electrons. The molecule has 33 heavy (non-hydrogen) atoms. The summed E-state index contributed by atoms with van der Waals surface area (Å²) >= 11 is 1.64. The molecule has 1 amide bonds. The lowest BCUT2D eigenvalue weighted by atomic mass is 10.1. The summed E-state index contributed by atoms with van der Waals surface area (Å²) in [4.78, 5) is 25.7. The van der Waals surface area contributed by atoms with Crippen LogP contribution >= 0.6 is 11.8 Å². The van der Waals surface area contributed by atoms with Gasteiger partial charge in [-0.1, -0.05) is 54.6 Å². The smallest absolute Gasteiger partial charge is 0.338 e. The highest BCUT2D eigenvalue weighted by molar-refractivity contribution is 7.98. The first-order chi connectivity index (χ1) is 16.2. The average Bonchev–Trinajstić information content (AvgIpc) is 3.36. The maximum absolute atomic E-state index is 12.4. The lowest BCUT2D eigenvalue weighted by molar-refractivity contribution is -0.119. The molecule has 0 radical (unpaired) electrons. The monoisotopic (exact) mass is 457 g/mol. The lowest BCUT2D eigenvalue weighted by Crippen LogP contribution is -2.21. The Hall–Kier alpha value is -3.84. The van der Waals surface area contributed by atoms with Crippen LogP contribution in [0.25, 0.3) is 0 Å². The van der Waals surface area contributed by atoms with E-state index in [1.165, 1.54) is 5.56 Å². The molecule has 0 unspecified atom stereocenters. The summed E-state index contributed by atoms with van der Waals surface area (Å²) in [7, 11) is 0. The van der Waals surface area contributed by atoms with E-state index in [9.17, 15) is 9.59 Å². The predicted octanol–water partition coefficient (Wildman–Crippen LogP) is 5.02. The number of anilines is 1. The number of thioether (sulfide) groups is 1. The molecule has 0 saturated carbocycles. The second kappa shape index (κ2) is 11.2. The van der Waals surface area contributed by atoms with Crippen LogP contribution in [0.2, 0.25) is 0 Å². The van der Waals surface area contributed by atoms with E-state index in [1.807, 2.05) is 66.9 Å². The number of hydrogen-bond donors (Lipinski definition) is 1. The molecule has 0 fully saturated rings. The van der Waals surface area contributed by atoms with Gasteiger partial charge in [-0.15, -0.1) is 11.8 Å². The number of rotatable bonds is 9. The second-order valence-corrected chi connectivity index (χ2v) is 8.31. The standard InChI is InChI=1S/C26H23N3O3S/c30-25(28-23-9-4-5-10-24(23)33-19-21-7-2-1-3-8-21)18-32-26(31)22-13-11-20(12-14-22)17-29-16-6-15-27-29/h1-16H,17-19H2,(H,28,30). The SMILES string of the molecule is O=C(COC(=O)c1ccc(Cn2cccn2)cc1)Nc1ccccc1SCc1ccccc1. The molecule has 0 saturated heterocycles. The minimum atomic E-state index is -0.539. The van der Waals surface area contributed by atoms with Gasteiger partial charge in [0.05, 0.1) is 17.8 Å². The van der Waals surface area contributed by atoms with Crippen LogP contribution in [-0.2, 0) is 21.8 Å². The van der Waals surface area contributed by atoms with E-state index in [2.05, 4.69) is 22.5 Å². The van der Waals surface area contributed by atoms with Crippen molar-refractivity contribution in [1.82, 2.24) is 9.78 Å². The van der Waals surface area contributed by atoms with Crippen molar-refractivity contribution in [2.75, 3.05) is 11.9 Å². The van der Waals surface area contributed by atoms with E-state index in [1.54, 1.807) is 34.8 Å². The zero-order chi connectivity index (χ0) is 22.9. The number of aromatic nitrogens is 2. The van der Waals surface area contributed by atoms with Crippen LogP contribution in [0.1, 0.15) is 21.5 Å². The molecule has 1 N–H and O–H groups in total. The molecule has 0 spiro atoms. The largest absolute Gasteiger partial charge is 0.452 e. The van der Waals surface area contributed by atoms with Gasteiger partial charge in [-0.2, -0.15) is 5.10 Å².